The lowest BCUT2D eigenvalue weighted by Gasteiger charge is -2.11. The molecule has 0 saturated carbocycles. The molecule has 0 aliphatic rings. The molecule has 26 heavy (non-hydrogen) atoms. The zero-order valence-electron chi connectivity index (χ0n) is 14.6. The maximum absolute atomic E-state index is 5.75. The number of rotatable bonds is 6. The van der Waals surface area contributed by atoms with Crippen molar-refractivity contribution in [3.63, 3.8) is 0 Å². The second-order valence-corrected chi connectivity index (χ2v) is 7.14. The van der Waals surface area contributed by atoms with Gasteiger partial charge in [0, 0.05) is 36.1 Å². The first-order valence-corrected chi connectivity index (χ1v) is 9.22. The SMILES string of the molecule is CC(C)c1cnsc1Nc1nc(CCN)cn2c(-c3cn[nH]c3)cnc12. The van der Waals surface area contributed by atoms with Crippen molar-refractivity contribution >= 4 is 28.0 Å². The predicted octanol–water partition coefficient (Wildman–Crippen LogP) is 2.94. The van der Waals surface area contributed by atoms with Gasteiger partial charge < -0.3 is 11.1 Å². The van der Waals surface area contributed by atoms with E-state index in [2.05, 4.69) is 38.7 Å². The number of nitrogens with two attached hydrogens (primary N) is 1. The first kappa shape index (κ1) is 16.7. The first-order valence-electron chi connectivity index (χ1n) is 8.45. The lowest BCUT2D eigenvalue weighted by molar-refractivity contribution is 0.869. The van der Waals surface area contributed by atoms with Gasteiger partial charge in [-0.25, -0.2) is 9.97 Å². The van der Waals surface area contributed by atoms with Crippen LogP contribution in [0.2, 0.25) is 0 Å². The third kappa shape index (κ3) is 2.95. The zero-order chi connectivity index (χ0) is 18.1. The fraction of sp³-hybridized carbons (Fsp3) is 0.294. The Morgan fingerprint density at radius 2 is 2.19 bits per heavy atom. The lowest BCUT2D eigenvalue weighted by Crippen LogP contribution is -2.08. The molecular weight excluding hydrogens is 348 g/mol. The Bertz CT molecular complexity index is 1010. The van der Waals surface area contributed by atoms with Gasteiger partial charge in [0.1, 0.15) is 5.00 Å². The molecule has 0 atom stereocenters. The van der Waals surface area contributed by atoms with Crippen LogP contribution in [0, 0.1) is 0 Å². The summed E-state index contributed by atoms with van der Waals surface area (Å²) in [6.45, 7) is 4.83. The van der Waals surface area contributed by atoms with Crippen LogP contribution in [0.3, 0.4) is 0 Å². The number of H-pyrrole nitrogens is 1. The second-order valence-electron chi connectivity index (χ2n) is 6.33. The van der Waals surface area contributed by atoms with Crippen molar-refractivity contribution < 1.29 is 0 Å². The maximum Gasteiger partial charge on any atom is 0.180 e. The van der Waals surface area contributed by atoms with Gasteiger partial charge in [-0.1, -0.05) is 13.8 Å². The number of hydrogen-bond acceptors (Lipinski definition) is 7. The van der Waals surface area contributed by atoms with E-state index in [1.54, 1.807) is 6.20 Å². The van der Waals surface area contributed by atoms with Crippen molar-refractivity contribution in [2.45, 2.75) is 26.2 Å². The van der Waals surface area contributed by atoms with Gasteiger partial charge in [-0.2, -0.15) is 9.47 Å². The minimum Gasteiger partial charge on any atom is -0.330 e. The highest BCUT2D eigenvalue weighted by Gasteiger charge is 2.16. The summed E-state index contributed by atoms with van der Waals surface area (Å²) in [7, 11) is 0. The van der Waals surface area contributed by atoms with Gasteiger partial charge in [-0.3, -0.25) is 9.50 Å². The van der Waals surface area contributed by atoms with Gasteiger partial charge in [0.05, 0.1) is 23.8 Å². The van der Waals surface area contributed by atoms with Crippen LogP contribution in [0.1, 0.15) is 31.0 Å². The summed E-state index contributed by atoms with van der Waals surface area (Å²) in [6, 6.07) is 0. The number of imidazole rings is 1. The van der Waals surface area contributed by atoms with Gasteiger partial charge in [0.15, 0.2) is 11.5 Å². The molecule has 0 bridgehead atoms. The van der Waals surface area contributed by atoms with Crippen molar-refractivity contribution in [3.8, 4) is 11.3 Å². The van der Waals surface area contributed by atoms with Crippen molar-refractivity contribution in [3.05, 3.63) is 42.2 Å². The Morgan fingerprint density at radius 1 is 1.31 bits per heavy atom. The van der Waals surface area contributed by atoms with Crippen molar-refractivity contribution in [2.24, 2.45) is 5.73 Å². The quantitative estimate of drug-likeness (QED) is 0.483. The average Bonchev–Trinajstić information content (AvgIpc) is 3.35. The first-order chi connectivity index (χ1) is 12.7. The van der Waals surface area contributed by atoms with E-state index in [1.807, 2.05) is 29.2 Å². The topological polar surface area (TPSA) is 110 Å². The molecule has 0 radical (unpaired) electrons. The highest BCUT2D eigenvalue weighted by Crippen LogP contribution is 2.32. The van der Waals surface area contributed by atoms with Crippen LogP contribution in [0.4, 0.5) is 10.8 Å². The summed E-state index contributed by atoms with van der Waals surface area (Å²) < 4.78 is 6.35. The van der Waals surface area contributed by atoms with Gasteiger partial charge in [0.2, 0.25) is 0 Å². The van der Waals surface area contributed by atoms with Crippen LogP contribution in [0.15, 0.2) is 31.0 Å². The van der Waals surface area contributed by atoms with E-state index in [4.69, 9.17) is 10.7 Å². The smallest absolute Gasteiger partial charge is 0.180 e. The number of nitrogens with zero attached hydrogens (tertiary/aromatic N) is 5. The summed E-state index contributed by atoms with van der Waals surface area (Å²) in [5, 5.41) is 11.3. The highest BCUT2D eigenvalue weighted by atomic mass is 32.1. The molecule has 0 aliphatic carbocycles. The molecule has 0 unspecified atom stereocenters. The lowest BCUT2D eigenvalue weighted by atomic mass is 10.1. The molecule has 4 N–H and O–H groups in total. The summed E-state index contributed by atoms with van der Waals surface area (Å²) in [5.74, 6) is 1.08. The van der Waals surface area contributed by atoms with Crippen LogP contribution < -0.4 is 11.1 Å². The summed E-state index contributed by atoms with van der Waals surface area (Å²) >= 11 is 1.43. The molecule has 4 aromatic heterocycles. The van der Waals surface area contributed by atoms with E-state index in [0.717, 1.165) is 27.6 Å². The van der Waals surface area contributed by atoms with Gasteiger partial charge >= 0.3 is 0 Å². The van der Waals surface area contributed by atoms with E-state index in [-0.39, 0.29) is 0 Å². The standard InChI is InChI=1S/C17H20N8S/c1-10(2)13-7-22-26-17(13)24-15-16-19-8-14(11-5-20-21-6-11)25(16)9-12(23-15)3-4-18/h5-10H,3-4,18H2,1-2H3,(H,20,21)(H,23,24). The Labute approximate surface area is 154 Å². The largest absolute Gasteiger partial charge is 0.330 e. The summed E-state index contributed by atoms with van der Waals surface area (Å²) in [4.78, 5) is 9.32. The van der Waals surface area contributed by atoms with E-state index in [1.165, 1.54) is 17.1 Å². The number of nitrogens with one attached hydrogen (secondary N) is 2. The molecule has 0 amide bonds. The fourth-order valence-corrected chi connectivity index (χ4v) is 3.66. The summed E-state index contributed by atoms with van der Waals surface area (Å²) in [5.41, 5.74) is 10.5. The fourth-order valence-electron chi connectivity index (χ4n) is 2.86. The van der Waals surface area contributed by atoms with E-state index < -0.39 is 0 Å². The molecule has 8 nitrogen and oxygen atoms in total. The summed E-state index contributed by atoms with van der Waals surface area (Å²) in [6.07, 6.45) is 10.0. The van der Waals surface area contributed by atoms with E-state index in [9.17, 15) is 0 Å². The maximum atomic E-state index is 5.75. The molecule has 0 fully saturated rings. The average molecular weight is 368 g/mol. The number of anilines is 2. The molecule has 0 spiro atoms. The molecule has 0 aliphatic heterocycles. The molecular formula is C17H20N8S. The molecule has 0 aromatic carbocycles. The molecule has 9 heteroatoms. The molecule has 4 aromatic rings. The molecule has 0 saturated heterocycles. The second kappa shape index (κ2) is 6.85. The third-order valence-corrected chi connectivity index (χ3v) is 4.92. The van der Waals surface area contributed by atoms with Crippen molar-refractivity contribution in [1.29, 1.82) is 0 Å². The molecule has 4 heterocycles. The van der Waals surface area contributed by atoms with Crippen LogP contribution in [0.25, 0.3) is 16.9 Å². The van der Waals surface area contributed by atoms with Crippen molar-refractivity contribution in [1.82, 2.24) is 28.9 Å². The highest BCUT2D eigenvalue weighted by molar-refractivity contribution is 7.10. The number of aromatic nitrogens is 6. The monoisotopic (exact) mass is 368 g/mol. The zero-order valence-corrected chi connectivity index (χ0v) is 15.4. The van der Waals surface area contributed by atoms with Gasteiger partial charge in [-0.05, 0) is 24.0 Å². The van der Waals surface area contributed by atoms with Gasteiger partial charge in [0.25, 0.3) is 0 Å². The predicted molar refractivity (Wildman–Crippen MR) is 103 cm³/mol. The van der Waals surface area contributed by atoms with E-state index in [0.29, 0.717) is 24.7 Å². The number of fused-ring (bicyclic) bond motifs is 1. The van der Waals surface area contributed by atoms with E-state index >= 15 is 0 Å². The molecule has 134 valence electrons. The minimum atomic E-state index is 0.376. The third-order valence-electron chi connectivity index (χ3n) is 4.19. The normalized spacial score (nSPS) is 11.5. The van der Waals surface area contributed by atoms with Gasteiger partial charge in [-0.15, -0.1) is 0 Å². The number of aromatic amines is 1. The Hall–Kier alpha value is -2.78. The number of hydrogen-bond donors (Lipinski definition) is 3. The van der Waals surface area contributed by atoms with Crippen molar-refractivity contribution in [2.75, 3.05) is 11.9 Å². The molecule has 4 rings (SSSR count). The minimum absolute atomic E-state index is 0.376. The van der Waals surface area contributed by atoms with Crippen LogP contribution in [0.5, 0.6) is 0 Å². The van der Waals surface area contributed by atoms with Crippen LogP contribution in [-0.2, 0) is 6.42 Å². The Morgan fingerprint density at radius 3 is 2.92 bits per heavy atom. The Kier molecular flexibility index (Phi) is 4.39. The Balaban J connectivity index is 1.84. The van der Waals surface area contributed by atoms with Crippen LogP contribution in [-0.4, -0.2) is 35.5 Å². The van der Waals surface area contributed by atoms with Crippen LogP contribution >= 0.6 is 11.5 Å².